The second-order valence-electron chi connectivity index (χ2n) is 5.09. The van der Waals surface area contributed by atoms with E-state index in [0.29, 0.717) is 12.1 Å². The van der Waals surface area contributed by atoms with Crippen molar-refractivity contribution in [2.24, 2.45) is 0 Å². The zero-order valence-corrected chi connectivity index (χ0v) is 10.8. The summed E-state index contributed by atoms with van der Waals surface area (Å²) in [5, 5.41) is 11.4. The van der Waals surface area contributed by atoms with E-state index in [2.05, 4.69) is 27.6 Å². The zero-order valence-electron chi connectivity index (χ0n) is 10.8. The van der Waals surface area contributed by atoms with E-state index in [1.54, 1.807) is 0 Å². The monoisotopic (exact) mass is 245 g/mol. The van der Waals surface area contributed by atoms with Crippen LogP contribution in [0, 0.1) is 6.92 Å². The maximum atomic E-state index is 4.51. The summed E-state index contributed by atoms with van der Waals surface area (Å²) in [6.07, 6.45) is 2.24. The molecular weight excluding hydrogens is 226 g/mol. The minimum atomic E-state index is 0.471. The van der Waals surface area contributed by atoms with Gasteiger partial charge in [0.15, 0.2) is 5.65 Å². The number of pyridine rings is 1. The smallest absolute Gasteiger partial charge is 0.243 e. The summed E-state index contributed by atoms with van der Waals surface area (Å²) in [4.78, 5) is 4.51. The lowest BCUT2D eigenvalue weighted by molar-refractivity contribution is 0.395. The van der Waals surface area contributed by atoms with Crippen LogP contribution in [-0.2, 0) is 0 Å². The van der Waals surface area contributed by atoms with Crippen molar-refractivity contribution in [3.8, 4) is 0 Å². The number of nitrogens with one attached hydrogen (secondary N) is 2. The standard InChI is InChI=1S/C13H19N5/c1-9-8-11(6-7-14-9)15-13-16-12-5-3-4-10(2)18(12)17-13/h3-5,9,11,14H,6-8H2,1-2H3,(H,15,17). The molecule has 0 amide bonds. The Bertz CT molecular complexity index is 547. The quantitative estimate of drug-likeness (QED) is 0.843. The first-order chi connectivity index (χ1) is 8.72. The Labute approximate surface area is 107 Å². The Morgan fingerprint density at radius 1 is 1.44 bits per heavy atom. The SMILES string of the molecule is Cc1cccc2nc(NC3CCNC(C)C3)nn12. The van der Waals surface area contributed by atoms with Gasteiger partial charge < -0.3 is 10.6 Å². The van der Waals surface area contributed by atoms with Crippen LogP contribution in [-0.4, -0.2) is 33.2 Å². The molecule has 3 heterocycles. The molecule has 3 rings (SSSR count). The number of aromatic nitrogens is 3. The lowest BCUT2D eigenvalue weighted by Gasteiger charge is -2.28. The molecule has 2 N–H and O–H groups in total. The minimum absolute atomic E-state index is 0.471. The topological polar surface area (TPSA) is 54.2 Å². The molecule has 1 fully saturated rings. The molecule has 0 aliphatic carbocycles. The molecule has 18 heavy (non-hydrogen) atoms. The van der Waals surface area contributed by atoms with Gasteiger partial charge in [-0.1, -0.05) is 6.07 Å². The number of hydrogen-bond donors (Lipinski definition) is 2. The van der Waals surface area contributed by atoms with Gasteiger partial charge in [-0.25, -0.2) is 4.52 Å². The molecule has 0 radical (unpaired) electrons. The molecule has 1 aliphatic rings. The van der Waals surface area contributed by atoms with Gasteiger partial charge in [-0.05, 0) is 45.4 Å². The van der Waals surface area contributed by atoms with Crippen molar-refractivity contribution in [2.45, 2.75) is 38.8 Å². The fraction of sp³-hybridized carbons (Fsp3) is 0.538. The molecule has 0 aromatic carbocycles. The summed E-state index contributed by atoms with van der Waals surface area (Å²) in [5.74, 6) is 0.739. The van der Waals surface area contributed by atoms with Crippen LogP contribution in [0.1, 0.15) is 25.5 Å². The Kier molecular flexibility index (Phi) is 2.91. The van der Waals surface area contributed by atoms with Crippen molar-refractivity contribution in [3.63, 3.8) is 0 Å². The Balaban J connectivity index is 1.80. The van der Waals surface area contributed by atoms with Gasteiger partial charge in [-0.2, -0.15) is 4.98 Å². The van der Waals surface area contributed by atoms with Crippen molar-refractivity contribution in [1.29, 1.82) is 0 Å². The third-order valence-electron chi connectivity index (χ3n) is 3.51. The summed E-state index contributed by atoms with van der Waals surface area (Å²) < 4.78 is 1.88. The van der Waals surface area contributed by atoms with Gasteiger partial charge in [0.1, 0.15) is 0 Å². The highest BCUT2D eigenvalue weighted by atomic mass is 15.4. The summed E-state index contributed by atoms with van der Waals surface area (Å²) >= 11 is 0. The van der Waals surface area contributed by atoms with Gasteiger partial charge in [0.25, 0.3) is 0 Å². The van der Waals surface area contributed by atoms with E-state index in [-0.39, 0.29) is 0 Å². The fourth-order valence-corrected chi connectivity index (χ4v) is 2.54. The average molecular weight is 245 g/mol. The van der Waals surface area contributed by atoms with E-state index in [4.69, 9.17) is 0 Å². The number of aryl methyl sites for hydroxylation is 1. The van der Waals surface area contributed by atoms with E-state index in [1.807, 2.05) is 29.6 Å². The summed E-state index contributed by atoms with van der Waals surface area (Å²) in [5.41, 5.74) is 2.01. The predicted molar refractivity (Wildman–Crippen MR) is 71.8 cm³/mol. The molecule has 1 aliphatic heterocycles. The molecule has 0 bridgehead atoms. The summed E-state index contributed by atoms with van der Waals surface area (Å²) in [7, 11) is 0. The molecule has 96 valence electrons. The normalized spacial score (nSPS) is 24.3. The number of nitrogens with zero attached hydrogens (tertiary/aromatic N) is 3. The molecule has 2 unspecified atom stereocenters. The van der Waals surface area contributed by atoms with Crippen LogP contribution in [0.5, 0.6) is 0 Å². The highest BCUT2D eigenvalue weighted by Crippen LogP contribution is 2.14. The molecular formula is C13H19N5. The molecule has 5 heteroatoms. The Hall–Kier alpha value is -1.62. The number of anilines is 1. The molecule has 5 nitrogen and oxygen atoms in total. The van der Waals surface area contributed by atoms with Crippen molar-refractivity contribution in [1.82, 2.24) is 19.9 Å². The van der Waals surface area contributed by atoms with Crippen LogP contribution >= 0.6 is 0 Å². The van der Waals surface area contributed by atoms with Crippen molar-refractivity contribution in [2.75, 3.05) is 11.9 Å². The molecule has 2 aromatic heterocycles. The van der Waals surface area contributed by atoms with Gasteiger partial charge >= 0.3 is 0 Å². The second kappa shape index (κ2) is 4.57. The van der Waals surface area contributed by atoms with E-state index in [1.165, 1.54) is 0 Å². The van der Waals surface area contributed by atoms with E-state index < -0.39 is 0 Å². The van der Waals surface area contributed by atoms with Gasteiger partial charge in [0, 0.05) is 17.8 Å². The second-order valence-corrected chi connectivity index (χ2v) is 5.09. The van der Waals surface area contributed by atoms with Crippen LogP contribution in [0.2, 0.25) is 0 Å². The average Bonchev–Trinajstić information content (AvgIpc) is 2.73. The summed E-state index contributed by atoms with van der Waals surface area (Å²) in [6.45, 7) is 5.32. The van der Waals surface area contributed by atoms with Crippen LogP contribution < -0.4 is 10.6 Å². The Morgan fingerprint density at radius 3 is 3.11 bits per heavy atom. The number of piperidine rings is 1. The first-order valence-electron chi connectivity index (χ1n) is 6.55. The number of fused-ring (bicyclic) bond motifs is 1. The maximum absolute atomic E-state index is 4.51. The van der Waals surface area contributed by atoms with Gasteiger partial charge in [-0.15, -0.1) is 5.10 Å². The maximum Gasteiger partial charge on any atom is 0.243 e. The molecule has 2 atom stereocenters. The molecule has 1 saturated heterocycles. The highest BCUT2D eigenvalue weighted by Gasteiger charge is 2.19. The lowest BCUT2D eigenvalue weighted by atomic mass is 10.0. The zero-order chi connectivity index (χ0) is 12.5. The Morgan fingerprint density at radius 2 is 2.33 bits per heavy atom. The summed E-state index contributed by atoms with van der Waals surface area (Å²) in [6, 6.07) is 7.07. The lowest BCUT2D eigenvalue weighted by Crippen LogP contribution is -2.41. The van der Waals surface area contributed by atoms with Crippen molar-refractivity contribution >= 4 is 11.6 Å². The van der Waals surface area contributed by atoms with Crippen LogP contribution in [0.3, 0.4) is 0 Å². The fourth-order valence-electron chi connectivity index (χ4n) is 2.54. The molecule has 2 aromatic rings. The third-order valence-corrected chi connectivity index (χ3v) is 3.51. The predicted octanol–water partition coefficient (Wildman–Crippen LogP) is 1.59. The molecule has 0 saturated carbocycles. The third kappa shape index (κ3) is 2.18. The highest BCUT2D eigenvalue weighted by molar-refractivity contribution is 5.44. The first kappa shape index (κ1) is 11.5. The molecule has 0 spiro atoms. The van der Waals surface area contributed by atoms with E-state index in [9.17, 15) is 0 Å². The van der Waals surface area contributed by atoms with Gasteiger partial charge in [0.05, 0.1) is 0 Å². The number of rotatable bonds is 2. The van der Waals surface area contributed by atoms with Crippen LogP contribution in [0.25, 0.3) is 5.65 Å². The van der Waals surface area contributed by atoms with Crippen LogP contribution in [0.15, 0.2) is 18.2 Å². The van der Waals surface area contributed by atoms with Gasteiger partial charge in [-0.3, -0.25) is 0 Å². The minimum Gasteiger partial charge on any atom is -0.350 e. The van der Waals surface area contributed by atoms with Crippen molar-refractivity contribution < 1.29 is 0 Å². The first-order valence-corrected chi connectivity index (χ1v) is 6.55. The number of hydrogen-bond acceptors (Lipinski definition) is 4. The van der Waals surface area contributed by atoms with Gasteiger partial charge in [0.2, 0.25) is 5.95 Å². The largest absolute Gasteiger partial charge is 0.350 e. The van der Waals surface area contributed by atoms with Crippen LogP contribution in [0.4, 0.5) is 5.95 Å². The van der Waals surface area contributed by atoms with Crippen molar-refractivity contribution in [3.05, 3.63) is 23.9 Å². The van der Waals surface area contributed by atoms with E-state index >= 15 is 0 Å². The van der Waals surface area contributed by atoms with E-state index in [0.717, 1.165) is 36.7 Å².